The van der Waals surface area contributed by atoms with Crippen molar-refractivity contribution in [3.8, 4) is 0 Å². The number of halogens is 1. The molecule has 1 heteroatoms. The molecule has 1 atom stereocenters. The van der Waals surface area contributed by atoms with Gasteiger partial charge in [0.2, 0.25) is 0 Å². The number of alkyl halides is 1. The van der Waals surface area contributed by atoms with E-state index >= 15 is 0 Å². The molecule has 0 saturated heterocycles. The molecular formula is C19H17Cl. The Bertz CT molecular complexity index is 906. The summed E-state index contributed by atoms with van der Waals surface area (Å²) in [6.45, 7) is 2.18. The lowest BCUT2D eigenvalue weighted by atomic mass is 9.86. The maximum atomic E-state index is 6.41. The summed E-state index contributed by atoms with van der Waals surface area (Å²) in [5.74, 6) is 0. The molecule has 0 N–H and O–H groups in total. The summed E-state index contributed by atoms with van der Waals surface area (Å²) in [5, 5.41) is 5.76. The highest BCUT2D eigenvalue weighted by Gasteiger charge is 2.18. The average Bonchev–Trinajstić information content (AvgIpc) is 2.50. The molecule has 4 rings (SSSR count). The molecule has 0 amide bonds. The predicted molar refractivity (Wildman–Crippen MR) is 85.0 cm³/mol. The van der Waals surface area contributed by atoms with E-state index in [2.05, 4.69) is 49.4 Å². The van der Waals surface area contributed by atoms with Crippen molar-refractivity contribution < 1.29 is 0 Å². The molecule has 0 fully saturated rings. The number of benzene rings is 2. The van der Waals surface area contributed by atoms with Crippen molar-refractivity contribution in [2.45, 2.75) is 31.6 Å². The standard InChI is InChI=1S/C19H17Cl/c1-12-14-8-9-17-15-5-3-2-4-13(15)6-7-18(17)16(14)10-11-19(12)20/h2-6,8-9,19H,7,10-11H2,1H3. The van der Waals surface area contributed by atoms with Gasteiger partial charge in [0.15, 0.2) is 0 Å². The fraction of sp³-hybridized carbons (Fsp3) is 0.263. The summed E-state index contributed by atoms with van der Waals surface area (Å²) < 4.78 is 0. The first-order chi connectivity index (χ1) is 9.75. The number of rotatable bonds is 0. The summed E-state index contributed by atoms with van der Waals surface area (Å²) in [6, 6.07) is 13.3. The highest BCUT2D eigenvalue weighted by molar-refractivity contribution is 6.25. The van der Waals surface area contributed by atoms with E-state index in [1.165, 1.54) is 37.6 Å². The summed E-state index contributed by atoms with van der Waals surface area (Å²) in [4.78, 5) is 0. The maximum Gasteiger partial charge on any atom is 0.0554 e. The van der Waals surface area contributed by atoms with E-state index in [9.17, 15) is 0 Å². The molecule has 0 spiro atoms. The van der Waals surface area contributed by atoms with Crippen LogP contribution in [0.4, 0.5) is 0 Å². The van der Waals surface area contributed by atoms with Gasteiger partial charge in [-0.25, -0.2) is 0 Å². The highest BCUT2D eigenvalue weighted by atomic mass is 35.5. The van der Waals surface area contributed by atoms with Crippen LogP contribution < -0.4 is 10.4 Å². The Balaban J connectivity index is 2.21. The van der Waals surface area contributed by atoms with Crippen LogP contribution in [0.2, 0.25) is 0 Å². The van der Waals surface area contributed by atoms with E-state index in [1.54, 1.807) is 0 Å². The van der Waals surface area contributed by atoms with Crippen LogP contribution in [-0.2, 0) is 12.8 Å². The molecule has 0 heterocycles. The van der Waals surface area contributed by atoms with Gasteiger partial charge in [-0.3, -0.25) is 0 Å². The lowest BCUT2D eigenvalue weighted by Crippen LogP contribution is -2.26. The fourth-order valence-electron chi connectivity index (χ4n) is 3.62. The molecule has 0 radical (unpaired) electrons. The summed E-state index contributed by atoms with van der Waals surface area (Å²) in [5.41, 5.74) is 4.39. The fourth-order valence-corrected chi connectivity index (χ4v) is 3.85. The number of hydrogen-bond acceptors (Lipinski definition) is 0. The van der Waals surface area contributed by atoms with Crippen molar-refractivity contribution in [1.82, 2.24) is 0 Å². The smallest absolute Gasteiger partial charge is 0.0554 e. The zero-order valence-electron chi connectivity index (χ0n) is 11.6. The van der Waals surface area contributed by atoms with Crippen LogP contribution in [0.5, 0.6) is 0 Å². The molecule has 100 valence electrons. The summed E-state index contributed by atoms with van der Waals surface area (Å²) in [7, 11) is 0. The number of fused-ring (bicyclic) bond motifs is 4. The largest absolute Gasteiger partial charge is 0.118 e. The second-order valence-electron chi connectivity index (χ2n) is 5.80. The SMILES string of the molecule is CC1=c2ccc3c(c2CCC1Cl)CC=c1ccccc1=3. The van der Waals surface area contributed by atoms with Gasteiger partial charge in [0.05, 0.1) is 5.38 Å². The van der Waals surface area contributed by atoms with E-state index in [0.717, 1.165) is 19.3 Å². The maximum absolute atomic E-state index is 6.41. The van der Waals surface area contributed by atoms with E-state index in [1.807, 2.05) is 0 Å². The Morgan fingerprint density at radius 3 is 2.65 bits per heavy atom. The van der Waals surface area contributed by atoms with Gasteiger partial charge >= 0.3 is 0 Å². The van der Waals surface area contributed by atoms with Crippen LogP contribution >= 0.6 is 11.6 Å². The minimum absolute atomic E-state index is 0.209. The Kier molecular flexibility index (Phi) is 2.75. The van der Waals surface area contributed by atoms with Crippen molar-refractivity contribution in [2.24, 2.45) is 0 Å². The van der Waals surface area contributed by atoms with Crippen molar-refractivity contribution in [1.29, 1.82) is 0 Å². The van der Waals surface area contributed by atoms with Crippen molar-refractivity contribution in [3.05, 3.63) is 68.4 Å². The zero-order chi connectivity index (χ0) is 13.7. The highest BCUT2D eigenvalue weighted by Crippen LogP contribution is 2.24. The molecule has 2 aromatic rings. The van der Waals surface area contributed by atoms with Crippen LogP contribution in [0.1, 0.15) is 24.5 Å². The lowest BCUT2D eigenvalue weighted by molar-refractivity contribution is 0.811. The third-order valence-electron chi connectivity index (χ3n) is 4.75. The third kappa shape index (κ3) is 1.68. The van der Waals surface area contributed by atoms with Crippen LogP contribution in [0.3, 0.4) is 0 Å². The van der Waals surface area contributed by atoms with E-state index in [4.69, 9.17) is 11.6 Å². The molecule has 0 aliphatic heterocycles. The second kappa shape index (κ2) is 4.49. The quantitative estimate of drug-likeness (QED) is 0.651. The third-order valence-corrected chi connectivity index (χ3v) is 5.30. The van der Waals surface area contributed by atoms with Gasteiger partial charge in [0, 0.05) is 0 Å². The molecule has 0 aromatic heterocycles. The molecule has 2 aliphatic carbocycles. The van der Waals surface area contributed by atoms with Gasteiger partial charge in [0.25, 0.3) is 0 Å². The Morgan fingerprint density at radius 2 is 1.75 bits per heavy atom. The van der Waals surface area contributed by atoms with Crippen LogP contribution in [0, 0.1) is 10.4 Å². The van der Waals surface area contributed by atoms with E-state index in [-0.39, 0.29) is 5.38 Å². The predicted octanol–water partition coefficient (Wildman–Crippen LogP) is 3.03. The van der Waals surface area contributed by atoms with E-state index in [0.29, 0.717) is 0 Å². The lowest BCUT2D eigenvalue weighted by Gasteiger charge is -2.22. The molecule has 20 heavy (non-hydrogen) atoms. The van der Waals surface area contributed by atoms with Crippen LogP contribution in [-0.4, -0.2) is 5.38 Å². The molecule has 2 aliphatic rings. The minimum Gasteiger partial charge on any atom is -0.118 e. The van der Waals surface area contributed by atoms with Gasteiger partial charge in [-0.15, -0.1) is 11.6 Å². The molecule has 0 nitrogen and oxygen atoms in total. The molecule has 0 saturated carbocycles. The van der Waals surface area contributed by atoms with Crippen molar-refractivity contribution in [2.75, 3.05) is 0 Å². The van der Waals surface area contributed by atoms with Crippen molar-refractivity contribution >= 4 is 23.3 Å². The monoisotopic (exact) mass is 280 g/mol. The normalized spacial score (nSPS) is 19.7. The van der Waals surface area contributed by atoms with Gasteiger partial charge in [0.1, 0.15) is 0 Å². The first-order valence-corrected chi connectivity index (χ1v) is 7.74. The Labute approximate surface area is 123 Å². The Hall–Kier alpha value is -1.53. The molecular weight excluding hydrogens is 264 g/mol. The minimum atomic E-state index is 0.209. The molecule has 2 aromatic carbocycles. The summed E-state index contributed by atoms with van der Waals surface area (Å²) in [6.07, 6.45) is 5.59. The topological polar surface area (TPSA) is 0 Å². The van der Waals surface area contributed by atoms with Gasteiger partial charge < -0.3 is 0 Å². The Morgan fingerprint density at radius 1 is 0.950 bits per heavy atom. The molecule has 1 unspecified atom stereocenters. The van der Waals surface area contributed by atoms with Crippen LogP contribution in [0.25, 0.3) is 11.6 Å². The second-order valence-corrected chi connectivity index (χ2v) is 6.33. The van der Waals surface area contributed by atoms with Gasteiger partial charge in [-0.05, 0) is 63.8 Å². The van der Waals surface area contributed by atoms with Gasteiger partial charge in [-0.1, -0.05) is 42.5 Å². The van der Waals surface area contributed by atoms with Crippen molar-refractivity contribution in [3.63, 3.8) is 0 Å². The first kappa shape index (κ1) is 12.2. The van der Waals surface area contributed by atoms with Crippen LogP contribution in [0.15, 0.2) is 36.4 Å². The van der Waals surface area contributed by atoms with E-state index < -0.39 is 0 Å². The zero-order valence-corrected chi connectivity index (χ0v) is 12.4. The molecule has 0 bridgehead atoms. The van der Waals surface area contributed by atoms with Gasteiger partial charge in [-0.2, -0.15) is 0 Å². The summed E-state index contributed by atoms with van der Waals surface area (Å²) >= 11 is 6.41. The number of hydrogen-bond donors (Lipinski definition) is 0. The first-order valence-electron chi connectivity index (χ1n) is 7.31. The average molecular weight is 281 g/mol.